The highest BCUT2D eigenvalue weighted by Crippen LogP contribution is 2.45. The van der Waals surface area contributed by atoms with Crippen molar-refractivity contribution in [2.45, 2.75) is 36.1 Å². The number of hydrogen-bond donors (Lipinski definition) is 0. The van der Waals surface area contributed by atoms with Crippen LogP contribution < -0.4 is 4.74 Å². The molecule has 0 amide bonds. The van der Waals surface area contributed by atoms with E-state index in [1.165, 1.54) is 0 Å². The van der Waals surface area contributed by atoms with Gasteiger partial charge in [0, 0.05) is 49.9 Å². The van der Waals surface area contributed by atoms with Crippen LogP contribution in [0.15, 0.2) is 47.8 Å². The molecular formula is C21H25N5O3S. The fraction of sp³-hybridized carbons (Fsp3) is 0.429. The molecule has 0 N–H and O–H groups in total. The van der Waals surface area contributed by atoms with E-state index >= 15 is 0 Å². The maximum absolute atomic E-state index is 13.1. The monoisotopic (exact) mass is 427 g/mol. The van der Waals surface area contributed by atoms with Crippen LogP contribution in [0.4, 0.5) is 0 Å². The quantitative estimate of drug-likeness (QED) is 0.639. The summed E-state index contributed by atoms with van der Waals surface area (Å²) in [6.07, 6.45) is 8.33. The molecule has 1 saturated heterocycles. The van der Waals surface area contributed by atoms with Crippen molar-refractivity contribution in [1.29, 1.82) is 0 Å². The first-order valence-corrected chi connectivity index (χ1v) is 11.6. The molecule has 0 aliphatic carbocycles. The lowest BCUT2D eigenvalue weighted by Crippen LogP contribution is -2.44. The normalized spacial score (nSPS) is 18.6. The first-order chi connectivity index (χ1) is 14.4. The molecule has 1 spiro atoms. The van der Waals surface area contributed by atoms with E-state index in [1.54, 1.807) is 40.4 Å². The van der Waals surface area contributed by atoms with Gasteiger partial charge < -0.3 is 9.30 Å². The number of sulfonamides is 1. The van der Waals surface area contributed by atoms with Crippen molar-refractivity contribution in [3.63, 3.8) is 0 Å². The molecule has 30 heavy (non-hydrogen) atoms. The summed E-state index contributed by atoms with van der Waals surface area (Å²) in [6.45, 7) is 1.89. The highest BCUT2D eigenvalue weighted by molar-refractivity contribution is 7.89. The average Bonchev–Trinajstić information content (AvgIpc) is 3.46. The first-order valence-electron chi connectivity index (χ1n) is 10.1. The Balaban J connectivity index is 1.38. The van der Waals surface area contributed by atoms with Gasteiger partial charge in [0.25, 0.3) is 0 Å². The summed E-state index contributed by atoms with van der Waals surface area (Å²) >= 11 is 0. The molecule has 9 heteroatoms. The topological polar surface area (TPSA) is 82.3 Å². The molecule has 1 fully saturated rings. The number of aromatic nitrogens is 4. The van der Waals surface area contributed by atoms with E-state index in [9.17, 15) is 8.42 Å². The van der Waals surface area contributed by atoms with Crippen LogP contribution in [0.1, 0.15) is 25.1 Å². The molecule has 0 atom stereocenters. The summed E-state index contributed by atoms with van der Waals surface area (Å²) in [5, 5.41) is 4.27. The molecule has 0 radical (unpaired) electrons. The van der Waals surface area contributed by atoms with Crippen LogP contribution >= 0.6 is 0 Å². The van der Waals surface area contributed by atoms with Crippen LogP contribution in [0.5, 0.6) is 5.75 Å². The predicted octanol–water partition coefficient (Wildman–Crippen LogP) is 2.42. The molecule has 1 aromatic carbocycles. The zero-order valence-electron chi connectivity index (χ0n) is 17.2. The standard InChI is InChI=1S/C21H25N5O3S/c1-24-15-16(13-23-24)19-14-22-20-21(8-11-26(19)20)6-9-25(10-7-21)30(27,28)18-5-3-4-17(12-18)29-2/h3-5,12-15H,6-11H2,1-2H3. The maximum Gasteiger partial charge on any atom is 0.243 e. The van der Waals surface area contributed by atoms with Gasteiger partial charge in [-0.15, -0.1) is 0 Å². The van der Waals surface area contributed by atoms with Crippen molar-refractivity contribution in [1.82, 2.24) is 23.6 Å². The Kier molecular flexibility index (Phi) is 4.48. The molecule has 3 aromatic rings. The minimum Gasteiger partial charge on any atom is -0.497 e. The number of benzene rings is 1. The molecule has 5 rings (SSSR count). The number of fused-ring (bicyclic) bond motifs is 2. The zero-order chi connectivity index (χ0) is 20.9. The van der Waals surface area contributed by atoms with E-state index in [-0.39, 0.29) is 10.3 Å². The second-order valence-corrected chi connectivity index (χ2v) is 10.1. The fourth-order valence-electron chi connectivity index (χ4n) is 4.79. The minimum absolute atomic E-state index is 0.0547. The number of aryl methyl sites for hydroxylation is 1. The lowest BCUT2D eigenvalue weighted by atomic mass is 9.77. The highest BCUT2D eigenvalue weighted by atomic mass is 32.2. The van der Waals surface area contributed by atoms with Crippen LogP contribution in [0.25, 0.3) is 11.3 Å². The van der Waals surface area contributed by atoms with Crippen molar-refractivity contribution < 1.29 is 13.2 Å². The van der Waals surface area contributed by atoms with Crippen LogP contribution in [0, 0.1) is 0 Å². The van der Waals surface area contributed by atoms with Gasteiger partial charge >= 0.3 is 0 Å². The van der Waals surface area contributed by atoms with Gasteiger partial charge in [0.05, 0.1) is 30.1 Å². The Morgan fingerprint density at radius 2 is 1.87 bits per heavy atom. The van der Waals surface area contributed by atoms with Crippen molar-refractivity contribution >= 4 is 10.0 Å². The fourth-order valence-corrected chi connectivity index (χ4v) is 6.26. The third-order valence-corrected chi connectivity index (χ3v) is 8.40. The minimum atomic E-state index is -3.54. The SMILES string of the molecule is COc1cccc(S(=O)(=O)N2CCC3(CC2)CCn2c(-c4cnn(C)c4)cnc23)c1. The number of rotatable bonds is 4. The van der Waals surface area contributed by atoms with E-state index in [2.05, 4.69) is 9.67 Å². The number of methoxy groups -OCH3 is 1. The molecule has 0 saturated carbocycles. The van der Waals surface area contributed by atoms with E-state index in [0.29, 0.717) is 18.8 Å². The molecular weight excluding hydrogens is 402 g/mol. The van der Waals surface area contributed by atoms with Gasteiger partial charge in [-0.1, -0.05) is 6.07 Å². The lowest BCUT2D eigenvalue weighted by molar-refractivity contribution is 0.228. The summed E-state index contributed by atoms with van der Waals surface area (Å²) < 4.78 is 37.1. The Bertz CT molecular complexity index is 1190. The van der Waals surface area contributed by atoms with E-state index in [1.807, 2.05) is 25.6 Å². The summed E-state index contributed by atoms with van der Waals surface area (Å²) in [7, 11) is -0.0906. The number of imidazole rings is 1. The van der Waals surface area contributed by atoms with Crippen LogP contribution in [0.3, 0.4) is 0 Å². The molecule has 2 aromatic heterocycles. The molecule has 2 aliphatic rings. The Hall–Kier alpha value is -2.65. The van der Waals surface area contributed by atoms with E-state index in [4.69, 9.17) is 9.72 Å². The third kappa shape index (κ3) is 2.95. The van der Waals surface area contributed by atoms with E-state index < -0.39 is 10.0 Å². The smallest absolute Gasteiger partial charge is 0.243 e. The molecule has 0 bridgehead atoms. The highest BCUT2D eigenvalue weighted by Gasteiger charge is 2.46. The van der Waals surface area contributed by atoms with Gasteiger partial charge in [-0.2, -0.15) is 9.40 Å². The molecule has 8 nitrogen and oxygen atoms in total. The number of nitrogens with zero attached hydrogens (tertiary/aromatic N) is 5. The van der Waals surface area contributed by atoms with Crippen LogP contribution in [-0.4, -0.2) is 52.3 Å². The maximum atomic E-state index is 13.1. The molecule has 0 unspecified atom stereocenters. The number of hydrogen-bond acceptors (Lipinski definition) is 5. The van der Waals surface area contributed by atoms with Gasteiger partial charge in [0.1, 0.15) is 11.6 Å². The predicted molar refractivity (Wildman–Crippen MR) is 112 cm³/mol. The third-order valence-electron chi connectivity index (χ3n) is 6.50. The van der Waals surface area contributed by atoms with Gasteiger partial charge in [-0.05, 0) is 31.4 Å². The largest absolute Gasteiger partial charge is 0.497 e. The zero-order valence-corrected chi connectivity index (χ0v) is 18.0. The van der Waals surface area contributed by atoms with Gasteiger partial charge in [-0.25, -0.2) is 13.4 Å². The van der Waals surface area contributed by atoms with Gasteiger partial charge in [-0.3, -0.25) is 4.68 Å². The van der Waals surface area contributed by atoms with Crippen LogP contribution in [-0.2, 0) is 29.0 Å². The second kappa shape index (κ2) is 6.95. The first kappa shape index (κ1) is 19.3. The summed E-state index contributed by atoms with van der Waals surface area (Å²) in [5.41, 5.74) is 2.09. The Morgan fingerprint density at radius 1 is 1.10 bits per heavy atom. The molecule has 158 valence electrons. The average molecular weight is 428 g/mol. The van der Waals surface area contributed by atoms with Crippen molar-refractivity contribution in [2.24, 2.45) is 7.05 Å². The summed E-state index contributed by atoms with van der Waals surface area (Å²) in [6, 6.07) is 6.68. The summed E-state index contributed by atoms with van der Waals surface area (Å²) in [4.78, 5) is 5.05. The summed E-state index contributed by atoms with van der Waals surface area (Å²) in [5.74, 6) is 1.63. The number of piperidine rings is 1. The second-order valence-electron chi connectivity index (χ2n) is 8.13. The van der Waals surface area contributed by atoms with Crippen LogP contribution in [0.2, 0.25) is 0 Å². The van der Waals surface area contributed by atoms with Crippen molar-refractivity contribution in [2.75, 3.05) is 20.2 Å². The van der Waals surface area contributed by atoms with Gasteiger partial charge in [0.15, 0.2) is 0 Å². The molecule has 2 aliphatic heterocycles. The van der Waals surface area contributed by atoms with Gasteiger partial charge in [0.2, 0.25) is 10.0 Å². The Labute approximate surface area is 176 Å². The van der Waals surface area contributed by atoms with E-state index in [0.717, 1.165) is 42.9 Å². The Morgan fingerprint density at radius 3 is 2.57 bits per heavy atom. The lowest BCUT2D eigenvalue weighted by Gasteiger charge is -2.37. The van der Waals surface area contributed by atoms with Crippen molar-refractivity contribution in [3.8, 4) is 17.0 Å². The number of ether oxygens (including phenoxy) is 1. The molecule has 4 heterocycles. The van der Waals surface area contributed by atoms with Crippen molar-refractivity contribution in [3.05, 3.63) is 48.7 Å².